The molecule has 144 valence electrons. The largest absolute Gasteiger partial charge is 0.348 e. The Bertz CT molecular complexity index is 933. The first-order valence-corrected chi connectivity index (χ1v) is 10.5. The Morgan fingerprint density at radius 1 is 1.11 bits per heavy atom. The number of hydrogen-bond donors (Lipinski definition) is 1. The number of aromatic nitrogens is 2. The maximum Gasteiger partial charge on any atom is 0.260 e. The second-order valence-electron chi connectivity index (χ2n) is 6.26. The topological polar surface area (TPSA) is 58.1 Å². The fourth-order valence-corrected chi connectivity index (χ4v) is 3.55. The Labute approximate surface area is 170 Å². The maximum atomic E-state index is 13.1. The molecule has 0 bridgehead atoms. The number of rotatable bonds is 7. The van der Waals surface area contributed by atoms with Crippen molar-refractivity contribution < 1.29 is 4.79 Å². The van der Waals surface area contributed by atoms with Crippen molar-refractivity contribution in [2.24, 2.45) is 0 Å². The van der Waals surface area contributed by atoms with Crippen LogP contribution < -0.4 is 10.2 Å². The highest BCUT2D eigenvalue weighted by Crippen LogP contribution is 2.24. The van der Waals surface area contributed by atoms with E-state index in [1.54, 1.807) is 28.9 Å². The van der Waals surface area contributed by atoms with Crippen molar-refractivity contribution in [3.63, 3.8) is 0 Å². The molecule has 1 amide bonds. The van der Waals surface area contributed by atoms with Crippen molar-refractivity contribution >= 4 is 29.4 Å². The molecule has 1 atom stereocenters. The van der Waals surface area contributed by atoms with Crippen molar-refractivity contribution in [1.29, 1.82) is 0 Å². The lowest BCUT2D eigenvalue weighted by Crippen LogP contribution is -2.32. The van der Waals surface area contributed by atoms with Crippen LogP contribution in [-0.4, -0.2) is 28.7 Å². The fourth-order valence-electron chi connectivity index (χ4n) is 2.96. The molecule has 0 fully saturated rings. The zero-order valence-corrected chi connectivity index (χ0v) is 17.1. The third kappa shape index (κ3) is 4.51. The average molecular weight is 393 g/mol. The summed E-state index contributed by atoms with van der Waals surface area (Å²) in [5.74, 6) is 1.02. The van der Waals surface area contributed by atoms with Gasteiger partial charge in [-0.2, -0.15) is 4.98 Å². The van der Waals surface area contributed by atoms with Crippen molar-refractivity contribution in [1.82, 2.24) is 9.97 Å². The number of benzene rings is 2. The van der Waals surface area contributed by atoms with Crippen molar-refractivity contribution in [3.05, 3.63) is 78.0 Å². The maximum absolute atomic E-state index is 13.1. The molecule has 0 aliphatic heterocycles. The van der Waals surface area contributed by atoms with Crippen LogP contribution in [0.3, 0.4) is 0 Å². The van der Waals surface area contributed by atoms with E-state index >= 15 is 0 Å². The second kappa shape index (κ2) is 9.37. The van der Waals surface area contributed by atoms with E-state index in [0.717, 1.165) is 10.5 Å². The van der Waals surface area contributed by atoms with Crippen molar-refractivity contribution in [3.8, 4) is 0 Å². The second-order valence-corrected chi connectivity index (χ2v) is 7.11. The van der Waals surface area contributed by atoms with Crippen LogP contribution in [0.5, 0.6) is 0 Å². The van der Waals surface area contributed by atoms with E-state index in [2.05, 4.69) is 34.3 Å². The number of anilines is 2. The zero-order chi connectivity index (χ0) is 19.9. The Balaban J connectivity index is 1.84. The molecule has 0 saturated carbocycles. The van der Waals surface area contributed by atoms with Crippen LogP contribution in [0.25, 0.3) is 0 Å². The number of nitrogens with zero attached hydrogens (tertiary/aromatic N) is 3. The highest BCUT2D eigenvalue weighted by atomic mass is 32.2. The van der Waals surface area contributed by atoms with Gasteiger partial charge in [-0.3, -0.25) is 9.69 Å². The minimum atomic E-state index is -0.0618. The average Bonchev–Trinajstić information content (AvgIpc) is 2.75. The number of nitrogens with one attached hydrogen (secondary N) is 1. The zero-order valence-electron chi connectivity index (χ0n) is 16.3. The third-order valence-electron chi connectivity index (χ3n) is 4.46. The smallest absolute Gasteiger partial charge is 0.260 e. The molecule has 1 aromatic heterocycles. The van der Waals surface area contributed by atoms with Crippen molar-refractivity contribution in [2.75, 3.05) is 23.0 Å². The quantitative estimate of drug-likeness (QED) is 0.571. The van der Waals surface area contributed by atoms with E-state index < -0.39 is 0 Å². The van der Waals surface area contributed by atoms with Crippen LogP contribution in [0.15, 0.2) is 71.8 Å². The summed E-state index contributed by atoms with van der Waals surface area (Å²) >= 11 is 1.56. The molecule has 0 radical (unpaired) electrons. The summed E-state index contributed by atoms with van der Waals surface area (Å²) in [5, 5.41) is 3.31. The van der Waals surface area contributed by atoms with Gasteiger partial charge in [0.25, 0.3) is 5.91 Å². The van der Waals surface area contributed by atoms with Gasteiger partial charge in [-0.05, 0) is 43.9 Å². The van der Waals surface area contributed by atoms with Gasteiger partial charge in [0.2, 0.25) is 5.95 Å². The first kappa shape index (κ1) is 19.9. The highest BCUT2D eigenvalue weighted by molar-refractivity contribution is 7.98. The number of hydrogen-bond acceptors (Lipinski definition) is 5. The summed E-state index contributed by atoms with van der Waals surface area (Å²) in [6.07, 6.45) is 3.65. The fraction of sp³-hybridized carbons (Fsp3) is 0.227. The summed E-state index contributed by atoms with van der Waals surface area (Å²) in [5.41, 5.74) is 1.83. The standard InChI is InChI=1S/C22H24N4OS/c1-4-26(21(27)18-12-8-9-13-19(18)28-3)20-14-15-23-22(25-20)24-16(2)17-10-6-5-7-11-17/h5-16H,4H2,1-3H3,(H,23,24,25)/t16-/m0/s1. The first-order valence-electron chi connectivity index (χ1n) is 9.23. The first-order chi connectivity index (χ1) is 13.6. The lowest BCUT2D eigenvalue weighted by Gasteiger charge is -2.22. The van der Waals surface area contributed by atoms with Gasteiger partial charge in [0.1, 0.15) is 5.82 Å². The van der Waals surface area contributed by atoms with Gasteiger partial charge in [0, 0.05) is 17.6 Å². The lowest BCUT2D eigenvalue weighted by molar-refractivity contribution is 0.0985. The normalized spacial score (nSPS) is 11.7. The Morgan fingerprint density at radius 2 is 1.82 bits per heavy atom. The van der Waals surface area contributed by atoms with Crippen LogP contribution in [0.2, 0.25) is 0 Å². The summed E-state index contributed by atoms with van der Waals surface area (Å²) in [6.45, 7) is 4.52. The van der Waals surface area contributed by atoms with Crippen molar-refractivity contribution in [2.45, 2.75) is 24.8 Å². The number of carbonyl (C=O) groups is 1. The highest BCUT2D eigenvalue weighted by Gasteiger charge is 2.20. The Morgan fingerprint density at radius 3 is 2.54 bits per heavy atom. The molecule has 0 saturated heterocycles. The molecule has 5 nitrogen and oxygen atoms in total. The molecule has 0 aliphatic carbocycles. The molecule has 2 aromatic carbocycles. The predicted molar refractivity (Wildman–Crippen MR) is 116 cm³/mol. The summed E-state index contributed by atoms with van der Waals surface area (Å²) in [4.78, 5) is 24.7. The number of carbonyl (C=O) groups excluding carboxylic acids is 1. The SMILES string of the molecule is CCN(C(=O)c1ccccc1SC)c1ccnc(N[C@@H](C)c2ccccc2)n1. The molecule has 6 heteroatoms. The number of thioether (sulfide) groups is 1. The minimum absolute atomic E-state index is 0.0550. The van der Waals surface area contributed by atoms with Crippen LogP contribution in [-0.2, 0) is 0 Å². The molecule has 0 spiro atoms. The van der Waals surface area contributed by atoms with E-state index in [9.17, 15) is 4.79 Å². The molecule has 3 rings (SSSR count). The lowest BCUT2D eigenvalue weighted by atomic mass is 10.1. The van der Waals surface area contributed by atoms with Gasteiger partial charge in [-0.15, -0.1) is 11.8 Å². The van der Waals surface area contributed by atoms with Gasteiger partial charge >= 0.3 is 0 Å². The molecule has 3 aromatic rings. The van der Waals surface area contributed by atoms with Crippen LogP contribution in [0, 0.1) is 0 Å². The van der Waals surface area contributed by atoms with Crippen LogP contribution >= 0.6 is 11.8 Å². The van der Waals surface area contributed by atoms with Gasteiger partial charge in [0.15, 0.2) is 0 Å². The Kier molecular flexibility index (Phi) is 6.66. The van der Waals surface area contributed by atoms with Gasteiger partial charge in [-0.1, -0.05) is 42.5 Å². The van der Waals surface area contributed by atoms with Gasteiger partial charge in [-0.25, -0.2) is 4.98 Å². The van der Waals surface area contributed by atoms with Crippen LogP contribution in [0.4, 0.5) is 11.8 Å². The van der Waals surface area contributed by atoms with E-state index in [4.69, 9.17) is 0 Å². The van der Waals surface area contributed by atoms with E-state index in [0.29, 0.717) is 23.9 Å². The molecule has 0 aliphatic rings. The summed E-state index contributed by atoms with van der Waals surface area (Å²) < 4.78 is 0. The minimum Gasteiger partial charge on any atom is -0.348 e. The third-order valence-corrected chi connectivity index (χ3v) is 5.26. The van der Waals surface area contributed by atoms with E-state index in [1.807, 2.05) is 55.6 Å². The molecular formula is C22H24N4OS. The van der Waals surface area contributed by atoms with Crippen LogP contribution in [0.1, 0.15) is 35.8 Å². The van der Waals surface area contributed by atoms with Gasteiger partial charge < -0.3 is 5.32 Å². The molecule has 28 heavy (non-hydrogen) atoms. The van der Waals surface area contributed by atoms with E-state index in [1.165, 1.54) is 0 Å². The van der Waals surface area contributed by atoms with Gasteiger partial charge in [0.05, 0.1) is 11.6 Å². The Hall–Kier alpha value is -2.86. The number of amides is 1. The molecule has 1 heterocycles. The van der Waals surface area contributed by atoms with E-state index in [-0.39, 0.29) is 11.9 Å². The molecule has 1 N–H and O–H groups in total. The summed E-state index contributed by atoms with van der Waals surface area (Å²) in [7, 11) is 0. The predicted octanol–water partition coefficient (Wildman–Crippen LogP) is 5.04. The molecular weight excluding hydrogens is 368 g/mol. The summed E-state index contributed by atoms with van der Waals surface area (Å²) in [6, 6.07) is 19.6. The monoisotopic (exact) mass is 392 g/mol. The molecule has 0 unspecified atom stereocenters.